The summed E-state index contributed by atoms with van der Waals surface area (Å²) in [4.78, 5) is 13.2. The number of nitrogens with one attached hydrogen (secondary N) is 2. The number of hydrogen-bond donors (Lipinski definition) is 3. The molecular weight excluding hydrogens is 311 g/mol. The molecule has 0 saturated carbocycles. The van der Waals surface area contributed by atoms with Gasteiger partial charge in [-0.15, -0.1) is 0 Å². The minimum atomic E-state index is -4.18. The Kier molecular flexibility index (Phi) is 7.13. The van der Waals surface area contributed by atoms with Gasteiger partial charge in [0.1, 0.15) is 0 Å². The number of nitrogens with zero attached hydrogens (tertiary/aromatic N) is 1. The number of hydrogen-bond acceptors (Lipinski definition) is 3. The van der Waals surface area contributed by atoms with Crippen molar-refractivity contribution >= 4 is 6.03 Å². The van der Waals surface area contributed by atoms with Gasteiger partial charge in [-0.1, -0.05) is 20.8 Å². The van der Waals surface area contributed by atoms with Crippen molar-refractivity contribution in [2.24, 2.45) is 11.3 Å². The summed E-state index contributed by atoms with van der Waals surface area (Å²) in [5.41, 5.74) is -0.0236. The molecule has 0 aromatic rings. The lowest BCUT2D eigenvalue weighted by Crippen LogP contribution is -2.46. The standard InChI is InChI=1S/C15H28F3N3O2/c1-14(2,3)6-12(9-22)20-13(23)19-7-11-4-5-21(8-11)10-15(16,17)18/h11-12,22H,4-10H2,1-3H3,(H2,19,20,23). The molecule has 0 bridgehead atoms. The molecule has 136 valence electrons. The Morgan fingerprint density at radius 1 is 1.35 bits per heavy atom. The Balaban J connectivity index is 2.28. The summed E-state index contributed by atoms with van der Waals surface area (Å²) in [5, 5.41) is 14.7. The van der Waals surface area contributed by atoms with Crippen LogP contribution in [0.25, 0.3) is 0 Å². The highest BCUT2D eigenvalue weighted by molar-refractivity contribution is 5.74. The van der Waals surface area contributed by atoms with Crippen LogP contribution in [0.5, 0.6) is 0 Å². The second-order valence-corrected chi connectivity index (χ2v) is 7.50. The molecule has 1 aliphatic heterocycles. The highest BCUT2D eigenvalue weighted by atomic mass is 19.4. The van der Waals surface area contributed by atoms with Crippen LogP contribution in [0.1, 0.15) is 33.6 Å². The van der Waals surface area contributed by atoms with Crippen molar-refractivity contribution in [1.29, 1.82) is 0 Å². The first kappa shape index (κ1) is 20.0. The molecule has 0 spiro atoms. The van der Waals surface area contributed by atoms with Gasteiger partial charge in [0, 0.05) is 13.1 Å². The van der Waals surface area contributed by atoms with E-state index in [-0.39, 0.29) is 30.0 Å². The van der Waals surface area contributed by atoms with Crippen LogP contribution in [-0.4, -0.2) is 61.0 Å². The molecule has 23 heavy (non-hydrogen) atoms. The fourth-order valence-electron chi connectivity index (χ4n) is 2.85. The largest absolute Gasteiger partial charge is 0.401 e. The molecule has 2 unspecified atom stereocenters. The van der Waals surface area contributed by atoms with Gasteiger partial charge in [-0.3, -0.25) is 4.90 Å². The number of halogens is 3. The third-order valence-electron chi connectivity index (χ3n) is 3.74. The third kappa shape index (κ3) is 9.00. The Bertz CT molecular complexity index is 383. The maximum absolute atomic E-state index is 12.3. The molecule has 1 saturated heterocycles. The monoisotopic (exact) mass is 339 g/mol. The van der Waals surface area contributed by atoms with Crippen molar-refractivity contribution in [2.45, 2.75) is 45.8 Å². The molecule has 0 aromatic heterocycles. The molecule has 1 aliphatic rings. The van der Waals surface area contributed by atoms with E-state index in [0.29, 0.717) is 32.5 Å². The van der Waals surface area contributed by atoms with Crippen LogP contribution in [-0.2, 0) is 0 Å². The molecule has 2 atom stereocenters. The van der Waals surface area contributed by atoms with E-state index < -0.39 is 12.7 Å². The number of alkyl halides is 3. The highest BCUT2D eigenvalue weighted by Crippen LogP contribution is 2.22. The van der Waals surface area contributed by atoms with Gasteiger partial charge < -0.3 is 15.7 Å². The number of amides is 2. The van der Waals surface area contributed by atoms with Crippen LogP contribution in [0.15, 0.2) is 0 Å². The van der Waals surface area contributed by atoms with Crippen molar-refractivity contribution in [2.75, 3.05) is 32.8 Å². The maximum Gasteiger partial charge on any atom is 0.401 e. The number of urea groups is 1. The van der Waals surface area contributed by atoms with Gasteiger partial charge in [-0.05, 0) is 30.7 Å². The molecule has 0 aromatic carbocycles. The fraction of sp³-hybridized carbons (Fsp3) is 0.933. The van der Waals surface area contributed by atoms with Crippen molar-refractivity contribution in [3.63, 3.8) is 0 Å². The van der Waals surface area contributed by atoms with Crippen LogP contribution in [0.4, 0.5) is 18.0 Å². The van der Waals surface area contributed by atoms with Crippen molar-refractivity contribution in [3.8, 4) is 0 Å². The van der Waals surface area contributed by atoms with Crippen LogP contribution in [0.2, 0.25) is 0 Å². The zero-order chi connectivity index (χ0) is 17.7. The van der Waals surface area contributed by atoms with E-state index in [1.807, 2.05) is 20.8 Å². The van der Waals surface area contributed by atoms with Gasteiger partial charge in [0.25, 0.3) is 0 Å². The molecular formula is C15H28F3N3O2. The van der Waals surface area contributed by atoms with Crippen molar-refractivity contribution < 1.29 is 23.1 Å². The molecule has 0 aliphatic carbocycles. The summed E-state index contributed by atoms with van der Waals surface area (Å²) in [6.45, 7) is 6.09. The number of carbonyl (C=O) groups excluding carboxylic acids is 1. The lowest BCUT2D eigenvalue weighted by atomic mass is 9.88. The predicted octanol–water partition coefficient (Wildman–Crippen LogP) is 1.97. The van der Waals surface area contributed by atoms with E-state index in [4.69, 9.17) is 0 Å². The van der Waals surface area contributed by atoms with E-state index in [1.54, 1.807) is 0 Å². The van der Waals surface area contributed by atoms with Gasteiger partial charge in [0.15, 0.2) is 0 Å². The Morgan fingerprint density at radius 3 is 2.52 bits per heavy atom. The number of aliphatic hydroxyl groups is 1. The lowest BCUT2D eigenvalue weighted by molar-refractivity contribution is -0.143. The highest BCUT2D eigenvalue weighted by Gasteiger charge is 2.34. The van der Waals surface area contributed by atoms with E-state index in [0.717, 1.165) is 0 Å². The summed E-state index contributed by atoms with van der Waals surface area (Å²) < 4.78 is 37.0. The topological polar surface area (TPSA) is 64.6 Å². The van der Waals surface area contributed by atoms with Crippen LogP contribution >= 0.6 is 0 Å². The number of likely N-dealkylation sites (tertiary alicyclic amines) is 1. The minimum absolute atomic E-state index is 0.0236. The number of carbonyl (C=O) groups is 1. The summed E-state index contributed by atoms with van der Waals surface area (Å²) >= 11 is 0. The van der Waals surface area contributed by atoms with Crippen LogP contribution in [0, 0.1) is 11.3 Å². The molecule has 1 rings (SSSR count). The first-order valence-corrected chi connectivity index (χ1v) is 7.93. The molecule has 3 N–H and O–H groups in total. The van der Waals surface area contributed by atoms with Gasteiger partial charge >= 0.3 is 12.2 Å². The van der Waals surface area contributed by atoms with Crippen molar-refractivity contribution in [1.82, 2.24) is 15.5 Å². The van der Waals surface area contributed by atoms with Gasteiger partial charge in [0.2, 0.25) is 0 Å². The fourth-order valence-corrected chi connectivity index (χ4v) is 2.85. The molecule has 1 heterocycles. The second kappa shape index (κ2) is 8.19. The Labute approximate surface area is 135 Å². The second-order valence-electron chi connectivity index (χ2n) is 7.50. The van der Waals surface area contributed by atoms with Crippen LogP contribution < -0.4 is 10.6 Å². The van der Waals surface area contributed by atoms with Crippen molar-refractivity contribution in [3.05, 3.63) is 0 Å². The SMILES string of the molecule is CC(C)(C)CC(CO)NC(=O)NCC1CCN(CC(F)(F)F)C1. The molecule has 1 fully saturated rings. The van der Waals surface area contributed by atoms with Gasteiger partial charge in [-0.25, -0.2) is 4.79 Å². The first-order chi connectivity index (χ1) is 10.5. The molecule has 8 heteroatoms. The van der Waals surface area contributed by atoms with Gasteiger partial charge in [-0.2, -0.15) is 13.2 Å². The summed E-state index contributed by atoms with van der Waals surface area (Å²) in [7, 11) is 0. The van der Waals surface area contributed by atoms with Gasteiger partial charge in [0.05, 0.1) is 19.2 Å². The first-order valence-electron chi connectivity index (χ1n) is 7.93. The lowest BCUT2D eigenvalue weighted by Gasteiger charge is -2.25. The normalized spacial score (nSPS) is 21.3. The molecule has 5 nitrogen and oxygen atoms in total. The van der Waals surface area contributed by atoms with E-state index >= 15 is 0 Å². The Hall–Kier alpha value is -1.02. The molecule has 2 amide bonds. The zero-order valence-corrected chi connectivity index (χ0v) is 14.0. The zero-order valence-electron chi connectivity index (χ0n) is 14.0. The Morgan fingerprint density at radius 2 is 2.00 bits per heavy atom. The predicted molar refractivity (Wildman–Crippen MR) is 82.1 cm³/mol. The average molecular weight is 339 g/mol. The average Bonchev–Trinajstić information content (AvgIpc) is 2.79. The third-order valence-corrected chi connectivity index (χ3v) is 3.74. The quantitative estimate of drug-likeness (QED) is 0.693. The van der Waals surface area contributed by atoms with E-state index in [1.165, 1.54) is 4.90 Å². The number of rotatable bonds is 6. The summed E-state index contributed by atoms with van der Waals surface area (Å²) in [6.07, 6.45) is -2.90. The summed E-state index contributed by atoms with van der Waals surface area (Å²) in [5.74, 6) is 0.0262. The minimum Gasteiger partial charge on any atom is -0.394 e. The summed E-state index contributed by atoms with van der Waals surface area (Å²) in [6, 6.07) is -0.720. The maximum atomic E-state index is 12.3. The van der Waals surface area contributed by atoms with Crippen LogP contribution in [0.3, 0.4) is 0 Å². The molecule has 0 radical (unpaired) electrons. The smallest absolute Gasteiger partial charge is 0.394 e. The van der Waals surface area contributed by atoms with E-state index in [2.05, 4.69) is 10.6 Å². The number of aliphatic hydroxyl groups excluding tert-OH is 1. The van der Waals surface area contributed by atoms with E-state index in [9.17, 15) is 23.1 Å².